The lowest BCUT2D eigenvalue weighted by atomic mass is 10.0. The quantitative estimate of drug-likeness (QED) is 0.863. The van der Waals surface area contributed by atoms with E-state index in [1.807, 2.05) is 35.2 Å². The topological polar surface area (TPSA) is 58.6 Å². The van der Waals surface area contributed by atoms with E-state index in [4.69, 9.17) is 4.74 Å². The smallest absolute Gasteiger partial charge is 0.226 e. The van der Waals surface area contributed by atoms with Crippen LogP contribution < -0.4 is 5.32 Å². The minimum atomic E-state index is 0.0240. The fourth-order valence-corrected chi connectivity index (χ4v) is 2.65. The first kappa shape index (κ1) is 16.5. The van der Waals surface area contributed by atoms with Crippen molar-refractivity contribution < 1.29 is 14.3 Å². The maximum absolute atomic E-state index is 12.3. The third-order valence-electron chi connectivity index (χ3n) is 3.94. The zero-order valence-corrected chi connectivity index (χ0v) is 13.1. The molecule has 1 N–H and O–H groups in total. The van der Waals surface area contributed by atoms with Crippen LogP contribution >= 0.6 is 0 Å². The Bertz CT molecular complexity index is 482. The molecule has 5 heteroatoms. The van der Waals surface area contributed by atoms with Crippen LogP contribution in [0.4, 0.5) is 0 Å². The number of ether oxygens (including phenoxy) is 1. The second-order valence-corrected chi connectivity index (χ2v) is 5.63. The summed E-state index contributed by atoms with van der Waals surface area (Å²) >= 11 is 0. The summed E-state index contributed by atoms with van der Waals surface area (Å²) in [5.41, 5.74) is 1.04. The molecule has 0 bridgehead atoms. The van der Waals surface area contributed by atoms with Crippen molar-refractivity contribution >= 4 is 11.8 Å². The molecular formula is C17H24N2O3. The first-order valence-electron chi connectivity index (χ1n) is 7.79. The van der Waals surface area contributed by atoms with Crippen LogP contribution in [0.1, 0.15) is 24.8 Å². The number of methoxy groups -OCH3 is 1. The van der Waals surface area contributed by atoms with Gasteiger partial charge in [-0.05, 0) is 18.4 Å². The predicted octanol–water partition coefficient (Wildman–Crippen LogP) is 1.37. The Morgan fingerprint density at radius 2 is 1.91 bits per heavy atom. The van der Waals surface area contributed by atoms with E-state index in [9.17, 15) is 9.59 Å². The number of rotatable bonds is 6. The summed E-state index contributed by atoms with van der Waals surface area (Å²) in [6, 6.07) is 9.96. The highest BCUT2D eigenvalue weighted by Gasteiger charge is 2.23. The van der Waals surface area contributed by atoms with Gasteiger partial charge in [0.2, 0.25) is 11.8 Å². The number of benzene rings is 1. The molecule has 1 saturated heterocycles. The maximum atomic E-state index is 12.3. The first-order chi connectivity index (χ1) is 10.7. The molecule has 1 fully saturated rings. The summed E-state index contributed by atoms with van der Waals surface area (Å²) < 4.78 is 4.89. The van der Waals surface area contributed by atoms with Gasteiger partial charge >= 0.3 is 0 Å². The van der Waals surface area contributed by atoms with Crippen LogP contribution in [0.25, 0.3) is 0 Å². The predicted molar refractivity (Wildman–Crippen MR) is 84.4 cm³/mol. The van der Waals surface area contributed by atoms with Crippen LogP contribution in [-0.4, -0.2) is 49.6 Å². The molecule has 0 aliphatic carbocycles. The van der Waals surface area contributed by atoms with Gasteiger partial charge in [-0.3, -0.25) is 9.59 Å². The molecule has 0 unspecified atom stereocenters. The molecule has 1 aliphatic heterocycles. The van der Waals surface area contributed by atoms with Crippen molar-refractivity contribution in [2.24, 2.45) is 0 Å². The average molecular weight is 304 g/mol. The third-order valence-corrected chi connectivity index (χ3v) is 3.94. The Balaban J connectivity index is 1.72. The third kappa shape index (κ3) is 5.15. The Kier molecular flexibility index (Phi) is 6.40. The minimum Gasteiger partial charge on any atom is -0.384 e. The van der Waals surface area contributed by atoms with Crippen LogP contribution in [0.3, 0.4) is 0 Å². The number of likely N-dealkylation sites (tertiary alicyclic amines) is 1. The molecule has 0 atom stereocenters. The van der Waals surface area contributed by atoms with Crippen LogP contribution in [0, 0.1) is 0 Å². The lowest BCUT2D eigenvalue weighted by Crippen LogP contribution is -2.47. The number of hydrogen-bond donors (Lipinski definition) is 1. The minimum absolute atomic E-state index is 0.0240. The molecule has 0 saturated carbocycles. The molecule has 120 valence electrons. The fourth-order valence-electron chi connectivity index (χ4n) is 2.65. The van der Waals surface area contributed by atoms with Crippen molar-refractivity contribution in [1.82, 2.24) is 10.2 Å². The van der Waals surface area contributed by atoms with Gasteiger partial charge in [-0.2, -0.15) is 0 Å². The molecule has 1 aromatic carbocycles. The van der Waals surface area contributed by atoms with Crippen molar-refractivity contribution in [3.63, 3.8) is 0 Å². The number of carbonyl (C=O) groups is 2. The average Bonchev–Trinajstić information content (AvgIpc) is 2.54. The number of piperidine rings is 1. The lowest BCUT2D eigenvalue weighted by molar-refractivity contribution is -0.131. The molecule has 22 heavy (non-hydrogen) atoms. The van der Waals surface area contributed by atoms with E-state index >= 15 is 0 Å². The molecule has 0 spiro atoms. The maximum Gasteiger partial charge on any atom is 0.226 e. The monoisotopic (exact) mass is 304 g/mol. The number of carbonyl (C=O) groups excluding carboxylic acids is 2. The normalized spacial score (nSPS) is 15.6. The van der Waals surface area contributed by atoms with Gasteiger partial charge in [0.05, 0.1) is 13.0 Å². The number of hydrogen-bond acceptors (Lipinski definition) is 3. The van der Waals surface area contributed by atoms with Gasteiger partial charge in [-0.15, -0.1) is 0 Å². The van der Waals surface area contributed by atoms with E-state index < -0.39 is 0 Å². The van der Waals surface area contributed by atoms with Gasteiger partial charge in [-0.1, -0.05) is 30.3 Å². The van der Waals surface area contributed by atoms with E-state index in [1.54, 1.807) is 7.11 Å². The van der Waals surface area contributed by atoms with Crippen molar-refractivity contribution in [3.8, 4) is 0 Å². The number of nitrogens with zero attached hydrogens (tertiary/aromatic N) is 1. The van der Waals surface area contributed by atoms with Gasteiger partial charge < -0.3 is 15.0 Å². The van der Waals surface area contributed by atoms with Gasteiger partial charge in [0.15, 0.2) is 0 Å². The van der Waals surface area contributed by atoms with Crippen LogP contribution in [0.15, 0.2) is 30.3 Å². The van der Waals surface area contributed by atoms with Gasteiger partial charge in [0, 0.05) is 32.7 Å². The van der Waals surface area contributed by atoms with Gasteiger partial charge in [-0.25, -0.2) is 0 Å². The van der Waals surface area contributed by atoms with E-state index in [1.165, 1.54) is 0 Å². The van der Waals surface area contributed by atoms with Gasteiger partial charge in [0.25, 0.3) is 0 Å². The molecule has 5 nitrogen and oxygen atoms in total. The van der Waals surface area contributed by atoms with Crippen LogP contribution in [0.2, 0.25) is 0 Å². The molecular weight excluding hydrogens is 280 g/mol. The Morgan fingerprint density at radius 1 is 1.23 bits per heavy atom. The summed E-state index contributed by atoms with van der Waals surface area (Å²) in [6.07, 6.45) is 2.48. The Labute approximate surface area is 131 Å². The van der Waals surface area contributed by atoms with Crippen molar-refractivity contribution in [3.05, 3.63) is 35.9 Å². The molecule has 2 rings (SSSR count). The Hall–Kier alpha value is -1.88. The fraction of sp³-hybridized carbons (Fsp3) is 0.529. The standard InChI is InChI=1S/C17H24N2O3/c1-22-12-9-16(20)18-15-7-10-19(11-8-15)17(21)13-14-5-3-2-4-6-14/h2-6,15H,7-13H2,1H3,(H,18,20). The SMILES string of the molecule is COCCC(=O)NC1CCN(C(=O)Cc2ccccc2)CC1. The summed E-state index contributed by atoms with van der Waals surface area (Å²) in [7, 11) is 1.59. The summed E-state index contributed by atoms with van der Waals surface area (Å²) in [5.74, 6) is 0.186. The van der Waals surface area contributed by atoms with Crippen molar-refractivity contribution in [2.75, 3.05) is 26.8 Å². The number of nitrogens with one attached hydrogen (secondary N) is 1. The highest BCUT2D eigenvalue weighted by Crippen LogP contribution is 2.12. The highest BCUT2D eigenvalue weighted by molar-refractivity contribution is 5.79. The van der Waals surface area contributed by atoms with E-state index in [0.717, 1.165) is 18.4 Å². The molecule has 1 heterocycles. The van der Waals surface area contributed by atoms with Gasteiger partial charge in [0.1, 0.15) is 0 Å². The molecule has 0 radical (unpaired) electrons. The lowest BCUT2D eigenvalue weighted by Gasteiger charge is -2.32. The molecule has 0 aromatic heterocycles. The second-order valence-electron chi connectivity index (χ2n) is 5.63. The number of amides is 2. The van der Waals surface area contributed by atoms with E-state index in [2.05, 4.69) is 5.32 Å². The van der Waals surface area contributed by atoms with Crippen molar-refractivity contribution in [2.45, 2.75) is 31.7 Å². The second kappa shape index (κ2) is 8.54. The van der Waals surface area contributed by atoms with Crippen LogP contribution in [0.5, 0.6) is 0 Å². The zero-order valence-electron chi connectivity index (χ0n) is 13.1. The highest BCUT2D eigenvalue weighted by atomic mass is 16.5. The molecule has 1 aromatic rings. The molecule has 2 amide bonds. The summed E-state index contributed by atoms with van der Waals surface area (Å²) in [6.45, 7) is 1.86. The largest absolute Gasteiger partial charge is 0.384 e. The van der Waals surface area contributed by atoms with E-state index in [0.29, 0.717) is 32.5 Å². The first-order valence-corrected chi connectivity index (χ1v) is 7.79. The summed E-state index contributed by atoms with van der Waals surface area (Å²) in [5, 5.41) is 3.01. The zero-order chi connectivity index (χ0) is 15.8. The van der Waals surface area contributed by atoms with Crippen molar-refractivity contribution in [1.29, 1.82) is 0 Å². The molecule has 1 aliphatic rings. The van der Waals surface area contributed by atoms with E-state index in [-0.39, 0.29) is 17.9 Å². The summed E-state index contributed by atoms with van der Waals surface area (Å²) in [4.78, 5) is 25.8. The van der Waals surface area contributed by atoms with Crippen LogP contribution in [-0.2, 0) is 20.7 Å². The Morgan fingerprint density at radius 3 is 2.55 bits per heavy atom.